The van der Waals surface area contributed by atoms with Gasteiger partial charge in [0.15, 0.2) is 0 Å². The smallest absolute Gasteiger partial charge is 0.249 e. The Morgan fingerprint density at radius 2 is 1.86 bits per heavy atom. The van der Waals surface area contributed by atoms with E-state index in [0.29, 0.717) is 6.54 Å². The Bertz CT molecular complexity index is 558. The summed E-state index contributed by atoms with van der Waals surface area (Å²) in [5.74, 6) is -0.0225. The summed E-state index contributed by atoms with van der Waals surface area (Å²) in [6, 6.07) is 13.8. The second kappa shape index (κ2) is 7.55. The molecule has 2 rings (SSSR count). The Kier molecular flexibility index (Phi) is 5.46. The SMILES string of the molecule is COCC(=O)N(Cc1ccncc1)C(C)c1ccccc1. The van der Waals surface area contributed by atoms with Crippen LogP contribution in [0.1, 0.15) is 24.1 Å². The van der Waals surface area contributed by atoms with Gasteiger partial charge in [-0.1, -0.05) is 30.3 Å². The molecule has 1 aromatic heterocycles. The number of ether oxygens (including phenoxy) is 1. The number of aromatic nitrogens is 1. The monoisotopic (exact) mass is 284 g/mol. The van der Waals surface area contributed by atoms with Crippen LogP contribution in [0.3, 0.4) is 0 Å². The van der Waals surface area contributed by atoms with Crippen LogP contribution in [0.4, 0.5) is 0 Å². The maximum absolute atomic E-state index is 12.3. The third-order valence-electron chi connectivity index (χ3n) is 3.44. The van der Waals surface area contributed by atoms with E-state index in [-0.39, 0.29) is 18.6 Å². The Balaban J connectivity index is 2.21. The molecule has 4 nitrogen and oxygen atoms in total. The van der Waals surface area contributed by atoms with Crippen molar-refractivity contribution < 1.29 is 9.53 Å². The van der Waals surface area contributed by atoms with Crippen LogP contribution in [0.2, 0.25) is 0 Å². The van der Waals surface area contributed by atoms with Crippen molar-refractivity contribution in [1.82, 2.24) is 9.88 Å². The number of methoxy groups -OCH3 is 1. The normalized spacial score (nSPS) is 11.9. The van der Waals surface area contributed by atoms with Gasteiger partial charge in [0.25, 0.3) is 0 Å². The van der Waals surface area contributed by atoms with Gasteiger partial charge in [-0.3, -0.25) is 9.78 Å². The number of benzene rings is 1. The first kappa shape index (κ1) is 15.2. The van der Waals surface area contributed by atoms with Gasteiger partial charge in [0.05, 0.1) is 6.04 Å². The summed E-state index contributed by atoms with van der Waals surface area (Å²) in [6.45, 7) is 2.66. The van der Waals surface area contributed by atoms with Crippen LogP contribution in [0, 0.1) is 0 Å². The summed E-state index contributed by atoms with van der Waals surface area (Å²) in [7, 11) is 1.54. The molecule has 0 spiro atoms. The van der Waals surface area contributed by atoms with E-state index in [9.17, 15) is 4.79 Å². The number of pyridine rings is 1. The van der Waals surface area contributed by atoms with E-state index in [1.165, 1.54) is 7.11 Å². The number of rotatable bonds is 6. The number of carbonyl (C=O) groups excluding carboxylic acids is 1. The summed E-state index contributed by atoms with van der Waals surface area (Å²) >= 11 is 0. The van der Waals surface area contributed by atoms with Gasteiger partial charge in [0, 0.05) is 26.0 Å². The van der Waals surface area contributed by atoms with Crippen LogP contribution in [0.5, 0.6) is 0 Å². The Morgan fingerprint density at radius 3 is 2.48 bits per heavy atom. The molecular weight excluding hydrogens is 264 g/mol. The van der Waals surface area contributed by atoms with Gasteiger partial charge in [-0.15, -0.1) is 0 Å². The lowest BCUT2D eigenvalue weighted by atomic mass is 10.1. The van der Waals surface area contributed by atoms with Crippen molar-refractivity contribution in [1.29, 1.82) is 0 Å². The molecular formula is C17H20N2O2. The largest absolute Gasteiger partial charge is 0.375 e. The van der Waals surface area contributed by atoms with Crippen molar-refractivity contribution in [3.63, 3.8) is 0 Å². The molecule has 0 N–H and O–H groups in total. The molecule has 2 aromatic rings. The van der Waals surface area contributed by atoms with Crippen molar-refractivity contribution in [3.8, 4) is 0 Å². The minimum atomic E-state index is -0.0225. The number of hydrogen-bond acceptors (Lipinski definition) is 3. The Morgan fingerprint density at radius 1 is 1.19 bits per heavy atom. The van der Waals surface area contributed by atoms with Crippen LogP contribution in [0.25, 0.3) is 0 Å². The second-order valence-corrected chi connectivity index (χ2v) is 4.90. The highest BCUT2D eigenvalue weighted by atomic mass is 16.5. The van der Waals surface area contributed by atoms with E-state index in [2.05, 4.69) is 4.98 Å². The maximum atomic E-state index is 12.3. The van der Waals surface area contributed by atoms with E-state index in [0.717, 1.165) is 11.1 Å². The zero-order valence-corrected chi connectivity index (χ0v) is 12.4. The van der Waals surface area contributed by atoms with Gasteiger partial charge in [0.1, 0.15) is 6.61 Å². The molecule has 0 fully saturated rings. The second-order valence-electron chi connectivity index (χ2n) is 4.90. The van der Waals surface area contributed by atoms with Crippen LogP contribution in [-0.4, -0.2) is 29.5 Å². The average molecular weight is 284 g/mol. The number of hydrogen-bond donors (Lipinski definition) is 0. The van der Waals surface area contributed by atoms with Crippen molar-refractivity contribution in [3.05, 3.63) is 66.0 Å². The molecule has 1 heterocycles. The van der Waals surface area contributed by atoms with E-state index >= 15 is 0 Å². The highest BCUT2D eigenvalue weighted by molar-refractivity contribution is 5.78. The lowest BCUT2D eigenvalue weighted by Gasteiger charge is -2.29. The van der Waals surface area contributed by atoms with Crippen LogP contribution < -0.4 is 0 Å². The summed E-state index contributed by atoms with van der Waals surface area (Å²) in [5, 5.41) is 0. The minimum absolute atomic E-state index is 0.0120. The van der Waals surface area contributed by atoms with Gasteiger partial charge in [0.2, 0.25) is 5.91 Å². The molecule has 0 aliphatic heterocycles. The Labute approximate surface area is 125 Å². The zero-order chi connectivity index (χ0) is 15.1. The van der Waals surface area contributed by atoms with Gasteiger partial charge in [-0.2, -0.15) is 0 Å². The molecule has 1 atom stereocenters. The van der Waals surface area contributed by atoms with Crippen molar-refractivity contribution in [2.75, 3.05) is 13.7 Å². The first-order valence-electron chi connectivity index (χ1n) is 6.94. The summed E-state index contributed by atoms with van der Waals surface area (Å²) < 4.78 is 5.00. The fourth-order valence-corrected chi connectivity index (χ4v) is 2.24. The lowest BCUT2D eigenvalue weighted by molar-refractivity contribution is -0.138. The van der Waals surface area contributed by atoms with Crippen LogP contribution >= 0.6 is 0 Å². The van der Waals surface area contributed by atoms with Crippen LogP contribution in [0.15, 0.2) is 54.9 Å². The summed E-state index contributed by atoms with van der Waals surface area (Å²) in [5.41, 5.74) is 2.16. The molecule has 1 aromatic carbocycles. The fraction of sp³-hybridized carbons (Fsp3) is 0.294. The number of amides is 1. The summed E-state index contributed by atoms with van der Waals surface area (Å²) in [4.78, 5) is 18.2. The maximum Gasteiger partial charge on any atom is 0.249 e. The predicted octanol–water partition coefficient (Wildman–Crippen LogP) is 2.82. The standard InChI is InChI=1S/C17H20N2O2/c1-14(16-6-4-3-5-7-16)19(17(20)13-21-2)12-15-8-10-18-11-9-15/h3-11,14H,12-13H2,1-2H3. The van der Waals surface area contributed by atoms with E-state index in [1.807, 2.05) is 54.3 Å². The zero-order valence-electron chi connectivity index (χ0n) is 12.4. The lowest BCUT2D eigenvalue weighted by Crippen LogP contribution is -2.35. The van der Waals surface area contributed by atoms with Gasteiger partial charge in [-0.25, -0.2) is 0 Å². The first-order chi connectivity index (χ1) is 10.2. The molecule has 4 heteroatoms. The quantitative estimate of drug-likeness (QED) is 0.819. The van der Waals surface area contributed by atoms with E-state index in [1.54, 1.807) is 12.4 Å². The molecule has 0 aliphatic rings. The summed E-state index contributed by atoms with van der Waals surface area (Å²) in [6.07, 6.45) is 3.48. The van der Waals surface area contributed by atoms with E-state index < -0.39 is 0 Å². The molecule has 0 saturated carbocycles. The van der Waals surface area contributed by atoms with Crippen molar-refractivity contribution in [2.45, 2.75) is 19.5 Å². The molecule has 21 heavy (non-hydrogen) atoms. The fourth-order valence-electron chi connectivity index (χ4n) is 2.24. The molecule has 1 amide bonds. The molecule has 0 radical (unpaired) electrons. The van der Waals surface area contributed by atoms with Gasteiger partial charge >= 0.3 is 0 Å². The predicted molar refractivity (Wildman–Crippen MR) is 81.5 cm³/mol. The number of carbonyl (C=O) groups is 1. The van der Waals surface area contributed by atoms with Gasteiger partial charge in [-0.05, 0) is 30.2 Å². The minimum Gasteiger partial charge on any atom is -0.375 e. The molecule has 110 valence electrons. The van der Waals surface area contributed by atoms with Gasteiger partial charge < -0.3 is 9.64 Å². The van der Waals surface area contributed by atoms with Crippen molar-refractivity contribution >= 4 is 5.91 Å². The number of nitrogens with zero attached hydrogens (tertiary/aromatic N) is 2. The van der Waals surface area contributed by atoms with E-state index in [4.69, 9.17) is 4.74 Å². The third kappa shape index (κ3) is 4.13. The average Bonchev–Trinajstić information content (AvgIpc) is 2.54. The highest BCUT2D eigenvalue weighted by Crippen LogP contribution is 2.22. The topological polar surface area (TPSA) is 42.4 Å². The first-order valence-corrected chi connectivity index (χ1v) is 6.94. The molecule has 0 aliphatic carbocycles. The van der Waals surface area contributed by atoms with Crippen molar-refractivity contribution in [2.24, 2.45) is 0 Å². The third-order valence-corrected chi connectivity index (χ3v) is 3.44. The Hall–Kier alpha value is -2.20. The molecule has 0 saturated heterocycles. The highest BCUT2D eigenvalue weighted by Gasteiger charge is 2.21. The van der Waals surface area contributed by atoms with Crippen LogP contribution in [-0.2, 0) is 16.1 Å². The molecule has 1 unspecified atom stereocenters. The molecule has 0 bridgehead atoms.